The van der Waals surface area contributed by atoms with Crippen LogP contribution in [0.1, 0.15) is 12.7 Å². The van der Waals surface area contributed by atoms with Crippen LogP contribution in [0.4, 0.5) is 0 Å². The van der Waals surface area contributed by atoms with Crippen molar-refractivity contribution >= 4 is 40.4 Å². The van der Waals surface area contributed by atoms with E-state index in [1.165, 1.54) is 11.8 Å². The maximum Gasteiger partial charge on any atom is 0.316 e. The van der Waals surface area contributed by atoms with Gasteiger partial charge in [0, 0.05) is 17.2 Å². The third-order valence-corrected chi connectivity index (χ3v) is 3.92. The standard InChI is InChI=1S/C12H13ClN2O2S/c1-7(12(16)17)18-5-4-11-14-9-3-2-8(13)6-10(9)15-11/h2-3,6-7H,4-5H2,1H3,(H,14,15)(H,16,17). The van der Waals surface area contributed by atoms with Gasteiger partial charge in [0.05, 0.1) is 16.3 Å². The molecular weight excluding hydrogens is 272 g/mol. The van der Waals surface area contributed by atoms with Crippen molar-refractivity contribution in [2.45, 2.75) is 18.6 Å². The Morgan fingerprint density at radius 3 is 3.11 bits per heavy atom. The van der Waals surface area contributed by atoms with E-state index in [9.17, 15) is 4.79 Å². The number of aromatic nitrogens is 2. The number of carboxylic acids is 1. The second-order valence-electron chi connectivity index (χ2n) is 3.95. The van der Waals surface area contributed by atoms with Crippen molar-refractivity contribution < 1.29 is 9.90 Å². The molecule has 0 fully saturated rings. The van der Waals surface area contributed by atoms with Gasteiger partial charge in [-0.3, -0.25) is 4.79 Å². The van der Waals surface area contributed by atoms with Crippen molar-refractivity contribution in [1.29, 1.82) is 0 Å². The predicted molar refractivity (Wildman–Crippen MR) is 74.4 cm³/mol. The zero-order valence-corrected chi connectivity index (χ0v) is 11.4. The number of thioether (sulfide) groups is 1. The second-order valence-corrected chi connectivity index (χ2v) is 5.83. The summed E-state index contributed by atoms with van der Waals surface area (Å²) >= 11 is 7.30. The van der Waals surface area contributed by atoms with E-state index >= 15 is 0 Å². The Morgan fingerprint density at radius 1 is 1.61 bits per heavy atom. The Labute approximate surface area is 114 Å². The fourth-order valence-electron chi connectivity index (χ4n) is 1.56. The van der Waals surface area contributed by atoms with E-state index in [0.717, 1.165) is 22.6 Å². The summed E-state index contributed by atoms with van der Waals surface area (Å²) in [7, 11) is 0. The van der Waals surface area contributed by atoms with E-state index in [4.69, 9.17) is 16.7 Å². The molecule has 2 N–H and O–H groups in total. The number of fused-ring (bicyclic) bond motifs is 1. The van der Waals surface area contributed by atoms with E-state index < -0.39 is 5.97 Å². The van der Waals surface area contributed by atoms with E-state index in [0.29, 0.717) is 11.4 Å². The summed E-state index contributed by atoms with van der Waals surface area (Å²) in [5, 5.41) is 9.05. The van der Waals surface area contributed by atoms with Gasteiger partial charge >= 0.3 is 5.97 Å². The van der Waals surface area contributed by atoms with Crippen LogP contribution < -0.4 is 0 Å². The molecule has 0 saturated heterocycles. The number of nitrogens with one attached hydrogen (secondary N) is 1. The van der Waals surface area contributed by atoms with E-state index in [2.05, 4.69) is 9.97 Å². The van der Waals surface area contributed by atoms with Crippen molar-refractivity contribution in [3.05, 3.63) is 29.0 Å². The SMILES string of the molecule is CC(SCCc1nc2ccc(Cl)cc2[nH]1)C(=O)O. The number of nitrogens with zero attached hydrogens (tertiary/aromatic N) is 1. The van der Waals surface area contributed by atoms with Crippen molar-refractivity contribution in [1.82, 2.24) is 9.97 Å². The smallest absolute Gasteiger partial charge is 0.316 e. The van der Waals surface area contributed by atoms with Crippen LogP contribution in [0.5, 0.6) is 0 Å². The number of benzene rings is 1. The molecule has 0 saturated carbocycles. The highest BCUT2D eigenvalue weighted by molar-refractivity contribution is 8.00. The lowest BCUT2D eigenvalue weighted by Crippen LogP contribution is -2.12. The van der Waals surface area contributed by atoms with Crippen molar-refractivity contribution in [2.75, 3.05) is 5.75 Å². The molecule has 1 aromatic heterocycles. The number of imidazole rings is 1. The second kappa shape index (κ2) is 5.63. The van der Waals surface area contributed by atoms with Gasteiger partial charge in [0.25, 0.3) is 0 Å². The molecule has 2 aromatic rings. The van der Waals surface area contributed by atoms with Crippen LogP contribution in [-0.2, 0) is 11.2 Å². The number of aliphatic carboxylic acids is 1. The average molecular weight is 285 g/mol. The third-order valence-electron chi connectivity index (χ3n) is 2.55. The highest BCUT2D eigenvalue weighted by Crippen LogP contribution is 2.18. The largest absolute Gasteiger partial charge is 0.480 e. The monoisotopic (exact) mass is 284 g/mol. The minimum Gasteiger partial charge on any atom is -0.480 e. The fourth-order valence-corrected chi connectivity index (χ4v) is 2.54. The first kappa shape index (κ1) is 13.2. The van der Waals surface area contributed by atoms with Gasteiger partial charge in [-0.2, -0.15) is 0 Å². The van der Waals surface area contributed by atoms with Gasteiger partial charge in [-0.05, 0) is 25.1 Å². The number of aromatic amines is 1. The van der Waals surface area contributed by atoms with Crippen LogP contribution in [0.2, 0.25) is 5.02 Å². The van der Waals surface area contributed by atoms with Gasteiger partial charge in [-0.25, -0.2) is 4.98 Å². The molecule has 1 unspecified atom stereocenters. The Hall–Kier alpha value is -1.20. The maximum atomic E-state index is 10.7. The minimum atomic E-state index is -0.781. The number of H-pyrrole nitrogens is 1. The Balaban J connectivity index is 1.98. The molecule has 0 aliphatic heterocycles. The van der Waals surface area contributed by atoms with E-state index in [-0.39, 0.29) is 5.25 Å². The molecule has 0 radical (unpaired) electrons. The molecule has 6 heteroatoms. The zero-order valence-electron chi connectivity index (χ0n) is 9.81. The van der Waals surface area contributed by atoms with Crippen LogP contribution in [0, 0.1) is 0 Å². The molecule has 0 amide bonds. The number of aryl methyl sites for hydroxylation is 1. The first-order valence-corrected chi connectivity index (χ1v) is 6.97. The molecule has 96 valence electrons. The number of hydrogen-bond acceptors (Lipinski definition) is 3. The Bertz CT molecular complexity index is 570. The molecular formula is C12H13ClN2O2S. The molecule has 1 aromatic carbocycles. The predicted octanol–water partition coefficient (Wildman–Crippen LogP) is 2.97. The van der Waals surface area contributed by atoms with Gasteiger partial charge in [0.1, 0.15) is 5.82 Å². The third kappa shape index (κ3) is 3.17. The molecule has 2 rings (SSSR count). The molecule has 18 heavy (non-hydrogen) atoms. The summed E-state index contributed by atoms with van der Waals surface area (Å²) < 4.78 is 0. The van der Waals surface area contributed by atoms with Crippen LogP contribution in [0.3, 0.4) is 0 Å². The van der Waals surface area contributed by atoms with Crippen molar-refractivity contribution in [2.24, 2.45) is 0 Å². The summed E-state index contributed by atoms with van der Waals surface area (Å²) in [4.78, 5) is 18.3. The van der Waals surface area contributed by atoms with Gasteiger partial charge < -0.3 is 10.1 Å². The number of hydrogen-bond donors (Lipinski definition) is 2. The molecule has 0 spiro atoms. The molecule has 1 heterocycles. The molecule has 0 aliphatic rings. The van der Waals surface area contributed by atoms with Crippen molar-refractivity contribution in [3.8, 4) is 0 Å². The van der Waals surface area contributed by atoms with E-state index in [1.807, 2.05) is 12.1 Å². The Morgan fingerprint density at radius 2 is 2.39 bits per heavy atom. The highest BCUT2D eigenvalue weighted by atomic mass is 35.5. The zero-order chi connectivity index (χ0) is 13.1. The number of halogens is 1. The fraction of sp³-hybridized carbons (Fsp3) is 0.333. The van der Waals surface area contributed by atoms with Crippen molar-refractivity contribution in [3.63, 3.8) is 0 Å². The number of carbonyl (C=O) groups is 1. The van der Waals surface area contributed by atoms with Gasteiger partial charge in [-0.1, -0.05) is 11.6 Å². The highest BCUT2D eigenvalue weighted by Gasteiger charge is 2.11. The number of carboxylic acid groups (broad SMARTS) is 1. The quantitative estimate of drug-likeness (QED) is 0.886. The normalized spacial score (nSPS) is 12.8. The molecule has 0 bridgehead atoms. The number of rotatable bonds is 5. The van der Waals surface area contributed by atoms with Crippen LogP contribution >= 0.6 is 23.4 Å². The molecule has 1 atom stereocenters. The first-order chi connectivity index (χ1) is 8.56. The summed E-state index contributed by atoms with van der Waals surface area (Å²) in [5.74, 6) is 0.801. The topological polar surface area (TPSA) is 66.0 Å². The van der Waals surface area contributed by atoms with E-state index in [1.54, 1.807) is 13.0 Å². The van der Waals surface area contributed by atoms with Crippen LogP contribution in [0.25, 0.3) is 11.0 Å². The van der Waals surface area contributed by atoms with Crippen LogP contribution in [0.15, 0.2) is 18.2 Å². The molecule has 4 nitrogen and oxygen atoms in total. The van der Waals surface area contributed by atoms with Crippen LogP contribution in [-0.4, -0.2) is 32.0 Å². The lowest BCUT2D eigenvalue weighted by Gasteiger charge is -2.03. The van der Waals surface area contributed by atoms with Gasteiger partial charge in [-0.15, -0.1) is 11.8 Å². The lowest BCUT2D eigenvalue weighted by molar-refractivity contribution is -0.136. The van der Waals surface area contributed by atoms with Gasteiger partial charge in [0.2, 0.25) is 0 Å². The Kier molecular flexibility index (Phi) is 4.14. The molecule has 0 aliphatic carbocycles. The maximum absolute atomic E-state index is 10.7. The summed E-state index contributed by atoms with van der Waals surface area (Å²) in [5.41, 5.74) is 1.79. The first-order valence-electron chi connectivity index (χ1n) is 5.55. The van der Waals surface area contributed by atoms with Gasteiger partial charge in [0.15, 0.2) is 0 Å². The minimum absolute atomic E-state index is 0.385. The summed E-state index contributed by atoms with van der Waals surface area (Å²) in [6, 6.07) is 5.50. The lowest BCUT2D eigenvalue weighted by atomic mass is 10.3. The average Bonchev–Trinajstić information content (AvgIpc) is 2.70. The summed E-state index contributed by atoms with van der Waals surface area (Å²) in [6.45, 7) is 1.69. The summed E-state index contributed by atoms with van der Waals surface area (Å²) in [6.07, 6.45) is 0.717.